The van der Waals surface area contributed by atoms with Gasteiger partial charge in [-0.15, -0.1) is 0 Å². The van der Waals surface area contributed by atoms with Gasteiger partial charge >= 0.3 is 9.28 Å². The van der Waals surface area contributed by atoms with Crippen LogP contribution in [0.15, 0.2) is 24.3 Å². The molecule has 0 aromatic rings. The molecule has 118 valence electrons. The van der Waals surface area contributed by atoms with Crippen molar-refractivity contribution in [3.05, 3.63) is 24.3 Å². The van der Waals surface area contributed by atoms with Gasteiger partial charge in [0.25, 0.3) is 0 Å². The molecule has 0 aromatic heterocycles. The SMILES string of the molecule is CC=CCC(CC)(CC=CC)O[SiH](CCC)OCCC. The smallest absolute Gasteiger partial charge is 0.321 e. The van der Waals surface area contributed by atoms with Gasteiger partial charge in [-0.2, -0.15) is 0 Å². The van der Waals surface area contributed by atoms with E-state index >= 15 is 0 Å². The maximum atomic E-state index is 6.55. The third-order valence-electron chi connectivity index (χ3n) is 3.51. The maximum Gasteiger partial charge on any atom is 0.321 e. The van der Waals surface area contributed by atoms with Gasteiger partial charge in [0.15, 0.2) is 0 Å². The van der Waals surface area contributed by atoms with E-state index in [9.17, 15) is 0 Å². The molecule has 0 aliphatic rings. The van der Waals surface area contributed by atoms with Gasteiger partial charge in [-0.1, -0.05) is 51.5 Å². The molecule has 0 amide bonds. The highest BCUT2D eigenvalue weighted by atomic mass is 28.3. The number of hydrogen-bond donors (Lipinski definition) is 0. The molecule has 0 spiro atoms. The van der Waals surface area contributed by atoms with Crippen LogP contribution in [0.2, 0.25) is 6.04 Å². The van der Waals surface area contributed by atoms with Crippen LogP contribution in [-0.4, -0.2) is 21.5 Å². The van der Waals surface area contributed by atoms with Crippen molar-refractivity contribution in [2.24, 2.45) is 0 Å². The highest BCUT2D eigenvalue weighted by Gasteiger charge is 2.31. The third-order valence-corrected chi connectivity index (χ3v) is 5.93. The Morgan fingerprint density at radius 1 is 0.950 bits per heavy atom. The summed E-state index contributed by atoms with van der Waals surface area (Å²) in [7, 11) is -1.55. The first kappa shape index (κ1) is 19.6. The summed E-state index contributed by atoms with van der Waals surface area (Å²) < 4.78 is 12.6. The average molecular weight is 299 g/mol. The summed E-state index contributed by atoms with van der Waals surface area (Å²) >= 11 is 0. The van der Waals surface area contributed by atoms with Crippen molar-refractivity contribution < 1.29 is 8.85 Å². The van der Waals surface area contributed by atoms with E-state index in [4.69, 9.17) is 8.85 Å². The fourth-order valence-electron chi connectivity index (χ4n) is 2.16. The Morgan fingerprint density at radius 2 is 1.55 bits per heavy atom. The lowest BCUT2D eigenvalue weighted by atomic mass is 9.92. The molecule has 0 heterocycles. The first-order valence-corrected chi connectivity index (χ1v) is 9.95. The molecule has 0 bridgehead atoms. The van der Waals surface area contributed by atoms with Crippen molar-refractivity contribution in [2.75, 3.05) is 6.61 Å². The van der Waals surface area contributed by atoms with E-state index in [0.29, 0.717) is 0 Å². The quantitative estimate of drug-likeness (QED) is 0.367. The van der Waals surface area contributed by atoms with Gasteiger partial charge in [-0.25, -0.2) is 0 Å². The van der Waals surface area contributed by atoms with Crippen LogP contribution in [-0.2, 0) is 8.85 Å². The molecule has 1 atom stereocenters. The van der Waals surface area contributed by atoms with Crippen molar-refractivity contribution in [1.82, 2.24) is 0 Å². The number of rotatable bonds is 12. The van der Waals surface area contributed by atoms with Gasteiger partial charge in [-0.3, -0.25) is 0 Å². The van der Waals surface area contributed by atoms with E-state index in [1.807, 2.05) is 0 Å². The van der Waals surface area contributed by atoms with Crippen LogP contribution in [0, 0.1) is 0 Å². The molecule has 0 rings (SSSR count). The Labute approximate surface area is 128 Å². The van der Waals surface area contributed by atoms with Crippen molar-refractivity contribution >= 4 is 9.28 Å². The molecule has 0 saturated heterocycles. The predicted octanol–water partition coefficient (Wildman–Crippen LogP) is 5.14. The van der Waals surface area contributed by atoms with Crippen molar-refractivity contribution in [3.8, 4) is 0 Å². The van der Waals surface area contributed by atoms with Gasteiger partial charge in [0.05, 0.1) is 5.60 Å². The van der Waals surface area contributed by atoms with E-state index in [2.05, 4.69) is 58.9 Å². The van der Waals surface area contributed by atoms with Crippen molar-refractivity contribution in [3.63, 3.8) is 0 Å². The number of allylic oxidation sites excluding steroid dienone is 2. The lowest BCUT2D eigenvalue weighted by molar-refractivity contribution is 0.0347. The number of hydrogen-bond acceptors (Lipinski definition) is 2. The largest absolute Gasteiger partial charge is 0.397 e. The van der Waals surface area contributed by atoms with Gasteiger partial charge in [0, 0.05) is 6.61 Å². The Morgan fingerprint density at radius 3 is 1.95 bits per heavy atom. The van der Waals surface area contributed by atoms with Gasteiger partial charge < -0.3 is 8.85 Å². The van der Waals surface area contributed by atoms with Gasteiger partial charge in [-0.05, 0) is 45.6 Å². The molecular formula is C17H34O2Si. The van der Waals surface area contributed by atoms with Gasteiger partial charge in [0.2, 0.25) is 0 Å². The zero-order valence-electron chi connectivity index (χ0n) is 14.2. The minimum atomic E-state index is -1.55. The second-order valence-electron chi connectivity index (χ2n) is 5.29. The molecule has 0 fully saturated rings. The van der Waals surface area contributed by atoms with E-state index in [-0.39, 0.29) is 5.60 Å². The Hall–Kier alpha value is -0.383. The first-order valence-electron chi connectivity index (χ1n) is 8.19. The minimum Gasteiger partial charge on any atom is -0.397 e. The second kappa shape index (κ2) is 12.4. The zero-order valence-corrected chi connectivity index (χ0v) is 15.3. The molecule has 0 N–H and O–H groups in total. The molecule has 0 saturated carbocycles. The summed E-state index contributed by atoms with van der Waals surface area (Å²) in [6, 6.07) is 1.10. The maximum absolute atomic E-state index is 6.55. The summed E-state index contributed by atoms with van der Waals surface area (Å²) in [5.41, 5.74) is -0.0706. The molecule has 1 unspecified atom stereocenters. The fraction of sp³-hybridized carbons (Fsp3) is 0.765. The standard InChI is InChI=1S/C17H34O2Si/c1-6-11-13-17(10-5,14-12-7-2)19-20(16-9-4)18-15-8-3/h6-7,11-12,20H,8-10,13-16H2,1-5H3. The summed E-state index contributed by atoms with van der Waals surface area (Å²) in [4.78, 5) is 0. The lowest BCUT2D eigenvalue weighted by Gasteiger charge is -2.35. The molecular weight excluding hydrogens is 264 g/mol. The summed E-state index contributed by atoms with van der Waals surface area (Å²) in [5.74, 6) is 0. The molecule has 0 aliphatic heterocycles. The van der Waals surface area contributed by atoms with Crippen LogP contribution in [0.3, 0.4) is 0 Å². The monoisotopic (exact) mass is 298 g/mol. The fourth-order valence-corrected chi connectivity index (χ4v) is 4.40. The Balaban J connectivity index is 4.85. The second-order valence-corrected chi connectivity index (χ2v) is 7.30. The highest BCUT2D eigenvalue weighted by molar-refractivity contribution is 6.44. The molecule has 20 heavy (non-hydrogen) atoms. The van der Waals surface area contributed by atoms with E-state index in [0.717, 1.165) is 44.8 Å². The summed E-state index contributed by atoms with van der Waals surface area (Å²) in [5, 5.41) is 0. The zero-order chi connectivity index (χ0) is 15.3. The Kier molecular flexibility index (Phi) is 12.1. The van der Waals surface area contributed by atoms with Crippen LogP contribution in [0.1, 0.15) is 66.7 Å². The highest BCUT2D eigenvalue weighted by Crippen LogP contribution is 2.28. The lowest BCUT2D eigenvalue weighted by Crippen LogP contribution is -2.39. The van der Waals surface area contributed by atoms with Crippen molar-refractivity contribution in [2.45, 2.75) is 78.4 Å². The summed E-state index contributed by atoms with van der Waals surface area (Å²) in [6.45, 7) is 11.6. The van der Waals surface area contributed by atoms with E-state index < -0.39 is 9.28 Å². The predicted molar refractivity (Wildman–Crippen MR) is 91.5 cm³/mol. The van der Waals surface area contributed by atoms with Crippen LogP contribution >= 0.6 is 0 Å². The molecule has 2 nitrogen and oxygen atoms in total. The van der Waals surface area contributed by atoms with Crippen molar-refractivity contribution in [1.29, 1.82) is 0 Å². The third kappa shape index (κ3) is 8.03. The van der Waals surface area contributed by atoms with Crippen LogP contribution < -0.4 is 0 Å². The van der Waals surface area contributed by atoms with Crippen LogP contribution in [0.25, 0.3) is 0 Å². The molecule has 0 aromatic carbocycles. The van der Waals surface area contributed by atoms with E-state index in [1.165, 1.54) is 0 Å². The van der Waals surface area contributed by atoms with Crippen LogP contribution in [0.4, 0.5) is 0 Å². The van der Waals surface area contributed by atoms with E-state index in [1.54, 1.807) is 0 Å². The Bertz CT molecular complexity index is 260. The van der Waals surface area contributed by atoms with Crippen LogP contribution in [0.5, 0.6) is 0 Å². The molecule has 3 heteroatoms. The normalized spacial score (nSPS) is 16.9. The topological polar surface area (TPSA) is 18.5 Å². The average Bonchev–Trinajstić information content (AvgIpc) is 2.47. The minimum absolute atomic E-state index is 0.0706. The van der Waals surface area contributed by atoms with Gasteiger partial charge in [0.1, 0.15) is 0 Å². The first-order chi connectivity index (χ1) is 9.67. The molecule has 0 aliphatic carbocycles. The summed E-state index contributed by atoms with van der Waals surface area (Å²) in [6.07, 6.45) is 13.9. The molecule has 0 radical (unpaired) electrons.